The summed E-state index contributed by atoms with van der Waals surface area (Å²) in [6.07, 6.45) is 1.23. The van der Waals surface area contributed by atoms with Crippen molar-refractivity contribution in [3.8, 4) is 0 Å². The van der Waals surface area contributed by atoms with Crippen LogP contribution in [-0.2, 0) is 0 Å². The monoisotopic (exact) mass is 238 g/mol. The lowest BCUT2D eigenvalue weighted by molar-refractivity contribution is 0.695. The van der Waals surface area contributed by atoms with Crippen LogP contribution in [-0.4, -0.2) is 9.55 Å². The third-order valence-electron chi connectivity index (χ3n) is 3.08. The summed E-state index contributed by atoms with van der Waals surface area (Å²) in [5, 5.41) is 0.745. The number of halogens is 1. The Morgan fingerprint density at radius 2 is 2.27 bits per heavy atom. The number of hydrogen-bond donors (Lipinski definition) is 1. The van der Waals surface area contributed by atoms with Gasteiger partial charge in [-0.05, 0) is 42.8 Å². The summed E-state index contributed by atoms with van der Waals surface area (Å²) in [7, 11) is 0. The zero-order valence-corrected chi connectivity index (χ0v) is 9.90. The minimum Gasteiger partial charge on any atom is -0.331 e. The Balaban J connectivity index is 2.29. The Hall–Kier alpha value is -0.800. The molecule has 1 heterocycles. The van der Waals surface area contributed by atoms with Crippen molar-refractivity contribution < 1.29 is 0 Å². The quantitative estimate of drug-likeness (QED) is 0.747. The molecule has 2 atom stereocenters. The second-order valence-electron chi connectivity index (χ2n) is 4.24. The van der Waals surface area contributed by atoms with Crippen LogP contribution in [0.1, 0.15) is 19.4 Å². The summed E-state index contributed by atoms with van der Waals surface area (Å²) in [5.41, 5.74) is 2.20. The summed E-state index contributed by atoms with van der Waals surface area (Å²) in [6.45, 7) is 2.25. The zero-order chi connectivity index (χ0) is 10.6. The van der Waals surface area contributed by atoms with Crippen molar-refractivity contribution in [1.29, 1.82) is 0 Å². The molecule has 0 radical (unpaired) electrons. The average Bonchev–Trinajstić information content (AvgIpc) is 2.77. The number of nitrogens with zero attached hydrogens (tertiary/aromatic N) is 1. The van der Waals surface area contributed by atoms with E-state index in [-0.39, 0.29) is 0 Å². The predicted molar refractivity (Wildman–Crippen MR) is 65.0 cm³/mol. The summed E-state index contributed by atoms with van der Waals surface area (Å²) in [4.78, 5) is 3.20. The van der Waals surface area contributed by atoms with Gasteiger partial charge in [0.05, 0.1) is 11.0 Å². The fraction of sp³-hybridized carbons (Fsp3) is 0.364. The van der Waals surface area contributed by atoms with E-state index in [4.69, 9.17) is 23.8 Å². The minimum absolute atomic E-state index is 0.576. The van der Waals surface area contributed by atoms with Crippen LogP contribution in [0.5, 0.6) is 0 Å². The summed E-state index contributed by atoms with van der Waals surface area (Å²) >= 11 is 11.3. The maximum Gasteiger partial charge on any atom is 0.178 e. The van der Waals surface area contributed by atoms with Gasteiger partial charge in [-0.15, -0.1) is 0 Å². The van der Waals surface area contributed by atoms with E-state index in [1.165, 1.54) is 11.9 Å². The first-order valence-corrected chi connectivity index (χ1v) is 5.85. The van der Waals surface area contributed by atoms with E-state index < -0.39 is 0 Å². The van der Waals surface area contributed by atoms with Crippen molar-refractivity contribution in [2.24, 2.45) is 5.92 Å². The molecule has 2 unspecified atom stereocenters. The average molecular weight is 239 g/mol. The third-order valence-corrected chi connectivity index (χ3v) is 3.61. The third kappa shape index (κ3) is 1.42. The number of nitrogens with one attached hydrogen (secondary N) is 1. The topological polar surface area (TPSA) is 20.7 Å². The molecule has 0 bridgehead atoms. The molecule has 1 fully saturated rings. The molecule has 1 aromatic heterocycles. The van der Waals surface area contributed by atoms with Crippen molar-refractivity contribution in [2.75, 3.05) is 0 Å². The fourth-order valence-corrected chi connectivity index (χ4v) is 2.61. The maximum atomic E-state index is 5.94. The first-order valence-electron chi connectivity index (χ1n) is 5.06. The van der Waals surface area contributed by atoms with Gasteiger partial charge in [-0.25, -0.2) is 0 Å². The Bertz CT molecular complexity index is 584. The smallest absolute Gasteiger partial charge is 0.178 e. The molecule has 1 saturated carbocycles. The summed E-state index contributed by atoms with van der Waals surface area (Å²) in [5.74, 6) is 0.742. The van der Waals surface area contributed by atoms with Crippen LogP contribution in [0.3, 0.4) is 0 Å². The molecule has 0 saturated heterocycles. The number of benzene rings is 1. The number of rotatable bonds is 1. The minimum atomic E-state index is 0.576. The molecule has 15 heavy (non-hydrogen) atoms. The Labute approximate surface area is 97.9 Å². The maximum absolute atomic E-state index is 5.94. The number of hydrogen-bond acceptors (Lipinski definition) is 1. The van der Waals surface area contributed by atoms with E-state index in [0.29, 0.717) is 6.04 Å². The second-order valence-corrected chi connectivity index (χ2v) is 5.07. The molecule has 0 amide bonds. The highest BCUT2D eigenvalue weighted by molar-refractivity contribution is 7.71. The Morgan fingerprint density at radius 3 is 2.93 bits per heavy atom. The van der Waals surface area contributed by atoms with Crippen LogP contribution in [0.15, 0.2) is 18.2 Å². The van der Waals surface area contributed by atoms with Gasteiger partial charge >= 0.3 is 0 Å². The van der Waals surface area contributed by atoms with Gasteiger partial charge in [0, 0.05) is 11.1 Å². The van der Waals surface area contributed by atoms with Gasteiger partial charge in [-0.3, -0.25) is 0 Å². The van der Waals surface area contributed by atoms with E-state index in [1.807, 2.05) is 18.2 Å². The van der Waals surface area contributed by atoms with E-state index in [1.54, 1.807) is 0 Å². The summed E-state index contributed by atoms with van der Waals surface area (Å²) in [6, 6.07) is 6.45. The highest BCUT2D eigenvalue weighted by Gasteiger charge is 2.35. The first kappa shape index (κ1) is 9.43. The fourth-order valence-electron chi connectivity index (χ4n) is 2.09. The molecule has 2 nitrogen and oxygen atoms in total. The van der Waals surface area contributed by atoms with E-state index in [0.717, 1.165) is 21.2 Å². The van der Waals surface area contributed by atoms with Crippen LogP contribution in [0.4, 0.5) is 0 Å². The van der Waals surface area contributed by atoms with Gasteiger partial charge in [0.15, 0.2) is 4.77 Å². The SMILES string of the molecule is CC1CC1n1c(=S)[nH]c2cc(Cl)ccc21. The molecule has 1 aliphatic carbocycles. The zero-order valence-electron chi connectivity index (χ0n) is 8.33. The molecule has 1 aliphatic rings. The Kier molecular flexibility index (Phi) is 1.94. The van der Waals surface area contributed by atoms with E-state index in [9.17, 15) is 0 Å². The van der Waals surface area contributed by atoms with Gasteiger partial charge in [0.25, 0.3) is 0 Å². The number of fused-ring (bicyclic) bond motifs is 1. The molecule has 0 spiro atoms. The largest absolute Gasteiger partial charge is 0.331 e. The van der Waals surface area contributed by atoms with Crippen molar-refractivity contribution >= 4 is 34.9 Å². The Morgan fingerprint density at radius 1 is 1.53 bits per heavy atom. The highest BCUT2D eigenvalue weighted by atomic mass is 35.5. The number of aromatic nitrogens is 2. The van der Waals surface area contributed by atoms with E-state index in [2.05, 4.69) is 16.5 Å². The summed E-state index contributed by atoms with van der Waals surface area (Å²) < 4.78 is 3.02. The number of H-pyrrole nitrogens is 1. The van der Waals surface area contributed by atoms with Crippen LogP contribution < -0.4 is 0 Å². The van der Waals surface area contributed by atoms with Gasteiger partial charge in [-0.1, -0.05) is 18.5 Å². The second kappa shape index (κ2) is 3.09. The molecule has 4 heteroatoms. The van der Waals surface area contributed by atoms with Crippen molar-refractivity contribution in [2.45, 2.75) is 19.4 Å². The van der Waals surface area contributed by atoms with Gasteiger partial charge < -0.3 is 9.55 Å². The van der Waals surface area contributed by atoms with Crippen molar-refractivity contribution in [3.05, 3.63) is 28.0 Å². The molecule has 2 aromatic rings. The molecule has 1 N–H and O–H groups in total. The van der Waals surface area contributed by atoms with Gasteiger partial charge in [-0.2, -0.15) is 0 Å². The molecule has 1 aromatic carbocycles. The predicted octanol–water partition coefficient (Wildman–Crippen LogP) is 3.93. The van der Waals surface area contributed by atoms with Gasteiger partial charge in [0.1, 0.15) is 0 Å². The lowest BCUT2D eigenvalue weighted by Crippen LogP contribution is -1.94. The highest BCUT2D eigenvalue weighted by Crippen LogP contribution is 2.44. The van der Waals surface area contributed by atoms with Crippen LogP contribution >= 0.6 is 23.8 Å². The molecular weight excluding hydrogens is 228 g/mol. The van der Waals surface area contributed by atoms with Crippen LogP contribution in [0, 0.1) is 10.7 Å². The number of aromatic amines is 1. The van der Waals surface area contributed by atoms with E-state index >= 15 is 0 Å². The van der Waals surface area contributed by atoms with Crippen molar-refractivity contribution in [1.82, 2.24) is 9.55 Å². The van der Waals surface area contributed by atoms with Crippen molar-refractivity contribution in [3.63, 3.8) is 0 Å². The molecule has 3 rings (SSSR count). The van der Waals surface area contributed by atoms with Gasteiger partial charge in [0.2, 0.25) is 0 Å². The first-order chi connectivity index (χ1) is 7.16. The molecule has 78 valence electrons. The lowest BCUT2D eigenvalue weighted by Gasteiger charge is -2.01. The van der Waals surface area contributed by atoms with Crippen LogP contribution in [0.2, 0.25) is 5.02 Å². The number of imidazole rings is 1. The standard InChI is InChI=1S/C11H11ClN2S/c1-6-4-10(6)14-9-3-2-7(12)5-8(9)13-11(14)15/h2-3,5-6,10H,4H2,1H3,(H,13,15). The lowest BCUT2D eigenvalue weighted by atomic mass is 10.3. The normalized spacial score (nSPS) is 24.7. The molecule has 0 aliphatic heterocycles. The molecular formula is C11H11ClN2S. The van der Waals surface area contributed by atoms with Crippen LogP contribution in [0.25, 0.3) is 11.0 Å².